The minimum atomic E-state index is -0.426. The van der Waals surface area contributed by atoms with Crippen molar-refractivity contribution in [2.45, 2.75) is 18.1 Å². The molecule has 1 aromatic rings. The van der Waals surface area contributed by atoms with Crippen LogP contribution in [0.3, 0.4) is 0 Å². The number of rotatable bonds is 6. The maximum atomic E-state index is 11.0. The predicted octanol–water partition coefficient (Wildman–Crippen LogP) is -0.926. The Morgan fingerprint density at radius 2 is 2.29 bits per heavy atom. The molecule has 0 spiro atoms. The van der Waals surface area contributed by atoms with Crippen LogP contribution in [0.25, 0.3) is 0 Å². The van der Waals surface area contributed by atoms with E-state index in [0.717, 1.165) is 0 Å². The van der Waals surface area contributed by atoms with Gasteiger partial charge in [-0.1, -0.05) is 11.8 Å². The van der Waals surface area contributed by atoms with Gasteiger partial charge in [0, 0.05) is 19.2 Å². The summed E-state index contributed by atoms with van der Waals surface area (Å²) in [4.78, 5) is 22.0. The van der Waals surface area contributed by atoms with Crippen molar-refractivity contribution in [1.82, 2.24) is 25.5 Å². The molecule has 1 aromatic heterocycles. The molecule has 0 aliphatic carbocycles. The molecule has 94 valence electrons. The molecular formula is C8H13N5O3S. The molecule has 0 aromatic carbocycles. The first-order valence-electron chi connectivity index (χ1n) is 4.83. The van der Waals surface area contributed by atoms with Crippen LogP contribution in [-0.2, 0) is 20.9 Å². The van der Waals surface area contributed by atoms with Crippen LogP contribution in [0.5, 0.6) is 0 Å². The minimum absolute atomic E-state index is 0.0359. The average molecular weight is 259 g/mol. The number of amides is 1. The van der Waals surface area contributed by atoms with E-state index in [2.05, 4.69) is 25.6 Å². The molecule has 1 heterocycles. The summed E-state index contributed by atoms with van der Waals surface area (Å²) in [5, 5.41) is 13.9. The molecule has 1 N–H and O–H groups in total. The molecule has 0 aliphatic rings. The van der Waals surface area contributed by atoms with Crippen LogP contribution >= 0.6 is 11.8 Å². The van der Waals surface area contributed by atoms with Crippen LogP contribution in [0.4, 0.5) is 0 Å². The molecule has 0 unspecified atom stereocenters. The number of hydrogen-bond acceptors (Lipinski definition) is 7. The smallest absolute Gasteiger partial charge is 0.327 e. The number of ether oxygens (including phenoxy) is 1. The van der Waals surface area contributed by atoms with Gasteiger partial charge in [-0.15, -0.1) is 5.10 Å². The quantitative estimate of drug-likeness (QED) is 0.520. The molecular weight excluding hydrogens is 246 g/mol. The Bertz CT molecular complexity index is 394. The van der Waals surface area contributed by atoms with Crippen molar-refractivity contribution in [3.8, 4) is 0 Å². The Labute approximate surface area is 102 Å². The van der Waals surface area contributed by atoms with Gasteiger partial charge in [0.2, 0.25) is 11.1 Å². The number of tetrazole rings is 1. The van der Waals surface area contributed by atoms with Crippen LogP contribution in [-0.4, -0.2) is 52.0 Å². The monoisotopic (exact) mass is 259 g/mol. The van der Waals surface area contributed by atoms with Crippen molar-refractivity contribution in [3.63, 3.8) is 0 Å². The van der Waals surface area contributed by atoms with Gasteiger partial charge in [0.1, 0.15) is 6.54 Å². The molecule has 0 saturated heterocycles. The van der Waals surface area contributed by atoms with E-state index in [4.69, 9.17) is 0 Å². The van der Waals surface area contributed by atoms with Crippen LogP contribution in [0.2, 0.25) is 0 Å². The molecule has 0 radical (unpaired) electrons. The number of nitrogens with one attached hydrogen (secondary N) is 1. The van der Waals surface area contributed by atoms with E-state index in [1.807, 2.05) is 0 Å². The fourth-order valence-corrected chi connectivity index (χ4v) is 1.76. The predicted molar refractivity (Wildman–Crippen MR) is 59.2 cm³/mol. The normalized spacial score (nSPS) is 10.0. The molecule has 1 rings (SSSR count). The Balaban J connectivity index is 2.45. The Kier molecular flexibility index (Phi) is 5.40. The molecule has 0 bridgehead atoms. The zero-order valence-corrected chi connectivity index (χ0v) is 10.4. The van der Waals surface area contributed by atoms with Gasteiger partial charge in [-0.25, -0.2) is 4.68 Å². The van der Waals surface area contributed by atoms with Gasteiger partial charge in [-0.3, -0.25) is 9.59 Å². The van der Waals surface area contributed by atoms with Crippen molar-refractivity contribution in [1.29, 1.82) is 0 Å². The number of esters is 1. The van der Waals surface area contributed by atoms with Gasteiger partial charge in [0.05, 0.1) is 7.11 Å². The summed E-state index contributed by atoms with van der Waals surface area (Å²) in [7, 11) is 2.87. The number of thioether (sulfide) groups is 1. The maximum absolute atomic E-state index is 11.0. The number of methoxy groups -OCH3 is 1. The van der Waals surface area contributed by atoms with E-state index in [0.29, 0.717) is 17.3 Å². The molecule has 1 amide bonds. The zero-order valence-electron chi connectivity index (χ0n) is 9.54. The number of aromatic nitrogens is 4. The SMILES string of the molecule is CNC(=O)CCSc1nnnn1CC(=O)OC. The first-order chi connectivity index (χ1) is 8.17. The average Bonchev–Trinajstić information content (AvgIpc) is 2.76. The fourth-order valence-electron chi connectivity index (χ4n) is 0.946. The van der Waals surface area contributed by atoms with Crippen molar-refractivity contribution >= 4 is 23.6 Å². The fraction of sp³-hybridized carbons (Fsp3) is 0.625. The number of nitrogens with zero attached hydrogens (tertiary/aromatic N) is 4. The van der Waals surface area contributed by atoms with Crippen LogP contribution in [0, 0.1) is 0 Å². The maximum Gasteiger partial charge on any atom is 0.327 e. The lowest BCUT2D eigenvalue weighted by molar-refractivity contribution is -0.141. The van der Waals surface area contributed by atoms with Crippen LogP contribution < -0.4 is 5.32 Å². The van der Waals surface area contributed by atoms with Crippen LogP contribution in [0.15, 0.2) is 5.16 Å². The third-order valence-electron chi connectivity index (χ3n) is 1.84. The van der Waals surface area contributed by atoms with Crippen molar-refractivity contribution in [3.05, 3.63) is 0 Å². The summed E-state index contributed by atoms with van der Waals surface area (Å²) in [5.41, 5.74) is 0. The standard InChI is InChI=1S/C8H13N5O3S/c1-9-6(14)3-4-17-8-10-11-12-13(8)5-7(15)16-2/h3-5H2,1-2H3,(H,9,14). The second kappa shape index (κ2) is 6.84. The van der Waals surface area contributed by atoms with Crippen molar-refractivity contribution in [2.24, 2.45) is 0 Å². The topological polar surface area (TPSA) is 99.0 Å². The first kappa shape index (κ1) is 13.4. The molecule has 0 atom stereocenters. The third-order valence-corrected chi connectivity index (χ3v) is 2.80. The summed E-state index contributed by atoms with van der Waals surface area (Å²) in [5.74, 6) is 0.0660. The highest BCUT2D eigenvalue weighted by molar-refractivity contribution is 7.99. The lowest BCUT2D eigenvalue weighted by atomic mass is 10.5. The lowest BCUT2D eigenvalue weighted by Gasteiger charge is -2.02. The van der Waals surface area contributed by atoms with E-state index < -0.39 is 5.97 Å². The number of hydrogen-bond donors (Lipinski definition) is 1. The van der Waals surface area contributed by atoms with Gasteiger partial charge >= 0.3 is 5.97 Å². The summed E-state index contributed by atoms with van der Waals surface area (Å²) in [6.45, 7) is -0.0359. The highest BCUT2D eigenvalue weighted by atomic mass is 32.2. The first-order valence-corrected chi connectivity index (χ1v) is 5.82. The van der Waals surface area contributed by atoms with Gasteiger partial charge in [0.15, 0.2) is 0 Å². The van der Waals surface area contributed by atoms with E-state index >= 15 is 0 Å². The molecule has 0 aliphatic heterocycles. The van der Waals surface area contributed by atoms with E-state index in [-0.39, 0.29) is 12.5 Å². The third kappa shape index (κ3) is 4.39. The number of carbonyl (C=O) groups is 2. The van der Waals surface area contributed by atoms with Crippen molar-refractivity contribution < 1.29 is 14.3 Å². The molecule has 8 nitrogen and oxygen atoms in total. The van der Waals surface area contributed by atoms with Gasteiger partial charge in [0.25, 0.3) is 0 Å². The molecule has 0 fully saturated rings. The summed E-state index contributed by atoms with van der Waals surface area (Å²) < 4.78 is 5.84. The largest absolute Gasteiger partial charge is 0.468 e. The van der Waals surface area contributed by atoms with Gasteiger partial charge in [-0.2, -0.15) is 0 Å². The Hall–Kier alpha value is -1.64. The molecule has 0 saturated carbocycles. The molecule has 9 heteroatoms. The highest BCUT2D eigenvalue weighted by Gasteiger charge is 2.11. The van der Waals surface area contributed by atoms with E-state index in [9.17, 15) is 9.59 Å². The highest BCUT2D eigenvalue weighted by Crippen LogP contribution is 2.14. The minimum Gasteiger partial charge on any atom is -0.468 e. The Morgan fingerprint density at radius 1 is 1.53 bits per heavy atom. The second-order valence-corrected chi connectivity index (χ2v) is 4.03. The number of carbonyl (C=O) groups excluding carboxylic acids is 2. The van der Waals surface area contributed by atoms with Gasteiger partial charge < -0.3 is 10.1 Å². The van der Waals surface area contributed by atoms with Crippen LogP contribution in [0.1, 0.15) is 6.42 Å². The zero-order chi connectivity index (χ0) is 12.7. The Morgan fingerprint density at radius 3 is 2.94 bits per heavy atom. The summed E-state index contributed by atoms with van der Waals surface area (Å²) in [6.07, 6.45) is 0.367. The lowest BCUT2D eigenvalue weighted by Crippen LogP contribution is -2.18. The summed E-state index contributed by atoms with van der Waals surface area (Å²) in [6, 6.07) is 0. The second-order valence-electron chi connectivity index (χ2n) is 2.97. The van der Waals surface area contributed by atoms with E-state index in [1.54, 1.807) is 7.05 Å². The van der Waals surface area contributed by atoms with Gasteiger partial charge in [-0.05, 0) is 10.4 Å². The van der Waals surface area contributed by atoms with E-state index in [1.165, 1.54) is 23.6 Å². The molecule has 17 heavy (non-hydrogen) atoms. The van der Waals surface area contributed by atoms with Crippen molar-refractivity contribution in [2.75, 3.05) is 19.9 Å². The summed E-state index contributed by atoms with van der Waals surface area (Å²) >= 11 is 1.31.